The normalized spacial score (nSPS) is 14.4. The van der Waals surface area contributed by atoms with Crippen LogP contribution in [0.25, 0.3) is 0 Å². The minimum Gasteiger partial charge on any atom is -0.407 e. The molecule has 0 saturated carbocycles. The van der Waals surface area contributed by atoms with E-state index in [4.69, 9.17) is 13.3 Å². The molecule has 8 heteroatoms. The SMILES string of the molecule is CCCCCCCCCCCCC/C=C/C(O[Si](C)(C)C)C(NC(=O)C(/C=C/CCCCCCCCCCCCCCCCCCCCCC)O[Si](C)(C)C)O[Si](C)(C)C. The van der Waals surface area contributed by atoms with Gasteiger partial charge in [0.2, 0.25) is 0 Å². The molecule has 0 saturated heterocycles. The second-order valence-corrected chi connectivity index (χ2v) is 34.6. The summed E-state index contributed by atoms with van der Waals surface area (Å²) in [5.41, 5.74) is 0. The van der Waals surface area contributed by atoms with E-state index in [9.17, 15) is 4.79 Å². The average Bonchev–Trinajstić information content (AvgIpc) is 3.16. The summed E-state index contributed by atoms with van der Waals surface area (Å²) in [5.74, 6) is -0.122. The first kappa shape index (κ1) is 59.5. The zero-order chi connectivity index (χ0) is 44.8. The number of hydrogen-bond donors (Lipinski definition) is 1. The van der Waals surface area contributed by atoms with Gasteiger partial charge in [-0.3, -0.25) is 4.79 Å². The summed E-state index contributed by atoms with van der Waals surface area (Å²) in [6.45, 7) is 24.3. The van der Waals surface area contributed by atoms with Crippen LogP contribution in [0.1, 0.15) is 226 Å². The molecule has 0 aromatic carbocycles. The van der Waals surface area contributed by atoms with Crippen molar-refractivity contribution in [3.8, 4) is 0 Å². The highest BCUT2D eigenvalue weighted by Crippen LogP contribution is 2.20. The van der Waals surface area contributed by atoms with Gasteiger partial charge >= 0.3 is 0 Å². The van der Waals surface area contributed by atoms with Gasteiger partial charge in [-0.2, -0.15) is 0 Å². The van der Waals surface area contributed by atoms with Gasteiger partial charge in [0.05, 0.1) is 0 Å². The van der Waals surface area contributed by atoms with Crippen molar-refractivity contribution in [1.29, 1.82) is 0 Å². The monoisotopic (exact) mass is 894 g/mol. The molecular formula is C52H107NO4Si3. The number of carbonyl (C=O) groups excluding carboxylic acids is 1. The van der Waals surface area contributed by atoms with Gasteiger partial charge in [0, 0.05) is 0 Å². The van der Waals surface area contributed by atoms with E-state index in [2.05, 4.69) is 96.3 Å². The van der Waals surface area contributed by atoms with Gasteiger partial charge in [-0.05, 0) is 84.6 Å². The van der Waals surface area contributed by atoms with E-state index in [1.807, 2.05) is 6.08 Å². The molecule has 0 aromatic rings. The number of nitrogens with one attached hydrogen (secondary N) is 1. The lowest BCUT2D eigenvalue weighted by Crippen LogP contribution is -2.55. The molecule has 0 spiro atoms. The number of unbranched alkanes of at least 4 members (excludes halogenated alkanes) is 31. The van der Waals surface area contributed by atoms with Crippen LogP contribution in [0, 0.1) is 0 Å². The first-order chi connectivity index (χ1) is 28.6. The van der Waals surface area contributed by atoms with Gasteiger partial charge in [-0.15, -0.1) is 0 Å². The minimum atomic E-state index is -2.03. The molecule has 60 heavy (non-hydrogen) atoms. The molecule has 3 unspecified atom stereocenters. The molecule has 0 rings (SSSR count). The summed E-state index contributed by atoms with van der Waals surface area (Å²) in [6, 6.07) is 0. The van der Waals surface area contributed by atoms with E-state index >= 15 is 0 Å². The van der Waals surface area contributed by atoms with Crippen molar-refractivity contribution in [2.75, 3.05) is 0 Å². The average molecular weight is 895 g/mol. The molecule has 356 valence electrons. The first-order valence-corrected chi connectivity index (χ1v) is 36.5. The van der Waals surface area contributed by atoms with E-state index in [0.717, 1.165) is 19.3 Å². The molecule has 0 aliphatic rings. The van der Waals surface area contributed by atoms with Crippen molar-refractivity contribution in [2.45, 2.75) is 303 Å². The fraction of sp³-hybridized carbons (Fsp3) is 0.904. The van der Waals surface area contributed by atoms with Crippen LogP contribution in [-0.2, 0) is 18.1 Å². The topological polar surface area (TPSA) is 56.8 Å². The fourth-order valence-corrected chi connectivity index (χ4v) is 10.8. The Balaban J connectivity index is 4.76. The predicted octanol–water partition coefficient (Wildman–Crippen LogP) is 17.7. The summed E-state index contributed by atoms with van der Waals surface area (Å²) in [4.78, 5) is 14.0. The predicted molar refractivity (Wildman–Crippen MR) is 275 cm³/mol. The molecule has 3 atom stereocenters. The van der Waals surface area contributed by atoms with E-state index < -0.39 is 37.3 Å². The van der Waals surface area contributed by atoms with Crippen LogP contribution < -0.4 is 5.32 Å². The molecular weight excluding hydrogens is 787 g/mol. The van der Waals surface area contributed by atoms with Crippen molar-refractivity contribution in [1.82, 2.24) is 5.32 Å². The van der Waals surface area contributed by atoms with E-state index in [1.165, 1.54) is 193 Å². The molecule has 0 aliphatic carbocycles. The van der Waals surface area contributed by atoms with Gasteiger partial charge in [0.15, 0.2) is 25.0 Å². The van der Waals surface area contributed by atoms with Gasteiger partial charge in [-0.25, -0.2) is 0 Å². The van der Waals surface area contributed by atoms with Crippen LogP contribution in [0.4, 0.5) is 0 Å². The fourth-order valence-electron chi connectivity index (χ4n) is 7.85. The Morgan fingerprint density at radius 3 is 0.983 bits per heavy atom. The molecule has 0 heterocycles. The van der Waals surface area contributed by atoms with Gasteiger partial charge in [0.25, 0.3) is 5.91 Å². The van der Waals surface area contributed by atoms with Crippen LogP contribution in [0.2, 0.25) is 58.9 Å². The highest BCUT2D eigenvalue weighted by atomic mass is 28.4. The smallest absolute Gasteiger partial charge is 0.254 e. The number of rotatable bonds is 44. The van der Waals surface area contributed by atoms with Crippen LogP contribution in [0.15, 0.2) is 24.3 Å². The third-order valence-corrected chi connectivity index (χ3v) is 14.0. The molecule has 1 amide bonds. The summed E-state index contributed by atoms with van der Waals surface area (Å²) in [5, 5.41) is 3.30. The number of carbonyl (C=O) groups is 1. The lowest BCUT2D eigenvalue weighted by Gasteiger charge is -2.36. The lowest BCUT2D eigenvalue weighted by molar-refractivity contribution is -0.130. The van der Waals surface area contributed by atoms with Crippen molar-refractivity contribution in [3.05, 3.63) is 24.3 Å². The number of hydrogen-bond acceptors (Lipinski definition) is 4. The Hall–Kier alpha value is -0.519. The maximum absolute atomic E-state index is 14.0. The second kappa shape index (κ2) is 38.9. The summed E-state index contributed by atoms with van der Waals surface area (Å²) in [7, 11) is -5.97. The molecule has 0 fully saturated rings. The number of amides is 1. The van der Waals surface area contributed by atoms with Gasteiger partial charge < -0.3 is 18.6 Å². The van der Waals surface area contributed by atoms with Crippen LogP contribution >= 0.6 is 0 Å². The molecule has 0 aliphatic heterocycles. The molecule has 0 radical (unpaired) electrons. The van der Waals surface area contributed by atoms with Crippen molar-refractivity contribution in [3.63, 3.8) is 0 Å². The largest absolute Gasteiger partial charge is 0.407 e. The highest BCUT2D eigenvalue weighted by molar-refractivity contribution is 6.70. The maximum atomic E-state index is 14.0. The quantitative estimate of drug-likeness (QED) is 0.0287. The van der Waals surface area contributed by atoms with Crippen LogP contribution in [0.5, 0.6) is 0 Å². The Kier molecular flexibility index (Phi) is 38.6. The van der Waals surface area contributed by atoms with Crippen LogP contribution in [0.3, 0.4) is 0 Å². The van der Waals surface area contributed by atoms with Gasteiger partial charge in [0.1, 0.15) is 18.4 Å². The molecule has 5 nitrogen and oxygen atoms in total. The Morgan fingerprint density at radius 2 is 0.683 bits per heavy atom. The summed E-state index contributed by atoms with van der Waals surface area (Å²) in [6.07, 6.45) is 51.9. The van der Waals surface area contributed by atoms with E-state index in [1.54, 1.807) is 0 Å². The zero-order valence-electron chi connectivity index (χ0n) is 42.5. The van der Waals surface area contributed by atoms with Crippen molar-refractivity contribution < 1.29 is 18.1 Å². The standard InChI is InChI=1S/C52H107NO4Si3/c1-12-14-16-18-20-22-24-26-27-28-29-30-31-32-33-34-36-37-39-41-43-45-47-49(55-58(3,4)5)51(54)53-52(57-60(9,10)11)50(56-59(6,7)8)48-46-44-42-40-38-35-25-23-21-19-17-15-13-2/h45-50,52H,12-44H2,1-11H3,(H,53,54)/b47-45+,48-46+. The van der Waals surface area contributed by atoms with E-state index in [-0.39, 0.29) is 12.0 Å². The number of allylic oxidation sites excluding steroid dienone is 2. The second-order valence-electron chi connectivity index (χ2n) is 21.2. The first-order valence-electron chi connectivity index (χ1n) is 26.2. The molecule has 0 bridgehead atoms. The third-order valence-electron chi connectivity index (χ3n) is 11.1. The maximum Gasteiger partial charge on any atom is 0.254 e. The van der Waals surface area contributed by atoms with Crippen molar-refractivity contribution in [2.24, 2.45) is 0 Å². The van der Waals surface area contributed by atoms with Crippen molar-refractivity contribution >= 4 is 30.9 Å². The minimum absolute atomic E-state index is 0.122. The molecule has 0 aromatic heterocycles. The third kappa shape index (κ3) is 42.8. The Morgan fingerprint density at radius 1 is 0.400 bits per heavy atom. The Labute approximate surface area is 380 Å². The lowest BCUT2D eigenvalue weighted by atomic mass is 10.0. The zero-order valence-corrected chi connectivity index (χ0v) is 45.5. The highest BCUT2D eigenvalue weighted by Gasteiger charge is 2.34. The van der Waals surface area contributed by atoms with E-state index in [0.29, 0.717) is 0 Å². The summed E-state index contributed by atoms with van der Waals surface area (Å²) >= 11 is 0. The summed E-state index contributed by atoms with van der Waals surface area (Å²) < 4.78 is 19.9. The van der Waals surface area contributed by atoms with Crippen LogP contribution in [-0.4, -0.2) is 49.3 Å². The Bertz CT molecular complexity index is 1020. The molecule has 1 N–H and O–H groups in total. The van der Waals surface area contributed by atoms with Gasteiger partial charge in [-0.1, -0.05) is 224 Å².